The molecule has 0 spiro atoms. The first-order chi connectivity index (χ1) is 4.29. The quantitative estimate of drug-likeness (QED) is 0.402. The van der Waals surface area contributed by atoms with E-state index in [1.807, 2.05) is 12.1 Å². The molecule has 1 heteroatoms. The van der Waals surface area contributed by atoms with Crippen LogP contribution in [0.3, 0.4) is 0 Å². The van der Waals surface area contributed by atoms with Crippen LogP contribution in [-0.4, -0.2) is 0 Å². The van der Waals surface area contributed by atoms with Gasteiger partial charge in [-0.3, -0.25) is 0 Å². The lowest BCUT2D eigenvalue weighted by Gasteiger charge is -1.85. The zero-order valence-corrected chi connectivity index (χ0v) is 5.30. The van der Waals surface area contributed by atoms with Crippen LogP contribution >= 0.6 is 0 Å². The highest BCUT2D eigenvalue weighted by molar-refractivity contribution is 5.27. The Morgan fingerprint density at radius 1 is 1.78 bits per heavy atom. The van der Waals surface area contributed by atoms with E-state index in [2.05, 4.69) is 13.2 Å². The summed E-state index contributed by atoms with van der Waals surface area (Å²) in [4.78, 5) is 0. The number of nitriles is 1. The molecule has 0 aromatic carbocycles. The van der Waals surface area contributed by atoms with Crippen LogP contribution in [0.5, 0.6) is 0 Å². The summed E-state index contributed by atoms with van der Waals surface area (Å²) >= 11 is 0. The van der Waals surface area contributed by atoms with Crippen LogP contribution in [0.25, 0.3) is 0 Å². The SMILES string of the molecule is C=CC1CC1C(=C)C#N. The molecule has 0 saturated heterocycles. The Balaban J connectivity index is 2.44. The molecule has 46 valence electrons. The van der Waals surface area contributed by atoms with Gasteiger partial charge in [-0.2, -0.15) is 5.26 Å². The third-order valence-corrected chi connectivity index (χ3v) is 1.73. The van der Waals surface area contributed by atoms with Gasteiger partial charge in [0.05, 0.1) is 6.07 Å². The fraction of sp³-hybridized carbons (Fsp3) is 0.375. The molecule has 0 bridgehead atoms. The maximum atomic E-state index is 8.37. The molecule has 0 aromatic rings. The van der Waals surface area contributed by atoms with Gasteiger partial charge in [-0.1, -0.05) is 12.7 Å². The summed E-state index contributed by atoms with van der Waals surface area (Å²) in [6.45, 7) is 7.26. The van der Waals surface area contributed by atoms with Crippen LogP contribution in [0.2, 0.25) is 0 Å². The van der Waals surface area contributed by atoms with Crippen molar-refractivity contribution in [2.45, 2.75) is 6.42 Å². The Morgan fingerprint density at radius 3 is 2.78 bits per heavy atom. The van der Waals surface area contributed by atoms with Crippen molar-refractivity contribution in [3.8, 4) is 6.07 Å². The summed E-state index contributed by atoms with van der Waals surface area (Å²) < 4.78 is 0. The van der Waals surface area contributed by atoms with Crippen molar-refractivity contribution in [2.24, 2.45) is 11.8 Å². The molecular weight excluding hydrogens is 110 g/mol. The van der Waals surface area contributed by atoms with Crippen molar-refractivity contribution < 1.29 is 0 Å². The maximum Gasteiger partial charge on any atom is 0.0944 e. The maximum absolute atomic E-state index is 8.37. The third kappa shape index (κ3) is 1.02. The van der Waals surface area contributed by atoms with E-state index in [-0.39, 0.29) is 0 Å². The van der Waals surface area contributed by atoms with E-state index in [4.69, 9.17) is 5.26 Å². The average molecular weight is 119 g/mol. The predicted molar refractivity (Wildman–Crippen MR) is 36.5 cm³/mol. The minimum atomic E-state index is 0.424. The number of rotatable bonds is 2. The summed E-state index contributed by atoms with van der Waals surface area (Å²) in [5.41, 5.74) is 0.708. The van der Waals surface area contributed by atoms with Gasteiger partial charge >= 0.3 is 0 Å². The van der Waals surface area contributed by atoms with E-state index in [9.17, 15) is 0 Å². The molecule has 1 aliphatic carbocycles. The highest BCUT2D eigenvalue weighted by atomic mass is 14.4. The lowest BCUT2D eigenvalue weighted by atomic mass is 10.2. The van der Waals surface area contributed by atoms with Crippen LogP contribution < -0.4 is 0 Å². The monoisotopic (exact) mass is 119 g/mol. The van der Waals surface area contributed by atoms with Gasteiger partial charge in [0.15, 0.2) is 0 Å². The molecule has 1 nitrogen and oxygen atoms in total. The molecule has 1 rings (SSSR count). The molecule has 1 aliphatic rings. The second-order valence-corrected chi connectivity index (χ2v) is 2.38. The van der Waals surface area contributed by atoms with Crippen LogP contribution in [0, 0.1) is 23.2 Å². The summed E-state index contributed by atoms with van der Waals surface area (Å²) in [7, 11) is 0. The Morgan fingerprint density at radius 2 is 2.44 bits per heavy atom. The Labute approximate surface area is 55.3 Å². The van der Waals surface area contributed by atoms with E-state index < -0.39 is 0 Å². The predicted octanol–water partition coefficient (Wildman–Crippen LogP) is 1.89. The second kappa shape index (κ2) is 2.06. The molecule has 0 N–H and O–H groups in total. The zero-order chi connectivity index (χ0) is 6.85. The van der Waals surface area contributed by atoms with E-state index >= 15 is 0 Å². The van der Waals surface area contributed by atoms with Gasteiger partial charge in [-0.15, -0.1) is 6.58 Å². The van der Waals surface area contributed by atoms with Crippen LogP contribution in [0.4, 0.5) is 0 Å². The minimum Gasteiger partial charge on any atom is -0.193 e. The Bertz CT molecular complexity index is 185. The highest BCUT2D eigenvalue weighted by Gasteiger charge is 2.36. The van der Waals surface area contributed by atoms with Gasteiger partial charge in [-0.25, -0.2) is 0 Å². The molecule has 2 unspecified atom stereocenters. The van der Waals surface area contributed by atoms with Gasteiger partial charge in [-0.05, 0) is 12.3 Å². The van der Waals surface area contributed by atoms with Crippen LogP contribution in [0.1, 0.15) is 6.42 Å². The van der Waals surface area contributed by atoms with E-state index in [1.165, 1.54) is 0 Å². The van der Waals surface area contributed by atoms with Gasteiger partial charge in [0.25, 0.3) is 0 Å². The van der Waals surface area contributed by atoms with Gasteiger partial charge in [0.1, 0.15) is 0 Å². The number of allylic oxidation sites excluding steroid dienone is 2. The number of nitrogens with zero attached hydrogens (tertiary/aromatic N) is 1. The molecule has 0 aliphatic heterocycles. The first kappa shape index (κ1) is 6.10. The first-order valence-corrected chi connectivity index (χ1v) is 3.01. The largest absolute Gasteiger partial charge is 0.193 e. The standard InChI is InChI=1S/C8H9N/c1-3-7-4-8(7)6(2)5-9/h3,7-8H,1-2,4H2. The molecule has 1 fully saturated rings. The smallest absolute Gasteiger partial charge is 0.0944 e. The molecular formula is C8H9N. The summed E-state index contributed by atoms with van der Waals surface area (Å²) in [6.07, 6.45) is 2.98. The van der Waals surface area contributed by atoms with Crippen molar-refractivity contribution in [3.05, 3.63) is 24.8 Å². The number of hydrogen-bond acceptors (Lipinski definition) is 1. The van der Waals surface area contributed by atoms with Crippen LogP contribution in [0.15, 0.2) is 24.8 Å². The minimum absolute atomic E-state index is 0.424. The molecule has 0 heterocycles. The molecule has 1 saturated carbocycles. The topological polar surface area (TPSA) is 23.8 Å². The van der Waals surface area contributed by atoms with Crippen molar-refractivity contribution >= 4 is 0 Å². The summed E-state index contributed by atoms with van der Waals surface area (Å²) in [6, 6.07) is 2.05. The van der Waals surface area contributed by atoms with Crippen molar-refractivity contribution in [3.63, 3.8) is 0 Å². The third-order valence-electron chi connectivity index (χ3n) is 1.73. The number of hydrogen-bond donors (Lipinski definition) is 0. The van der Waals surface area contributed by atoms with Crippen molar-refractivity contribution in [2.75, 3.05) is 0 Å². The normalized spacial score (nSPS) is 30.6. The van der Waals surface area contributed by atoms with Crippen LogP contribution in [-0.2, 0) is 0 Å². The highest BCUT2D eigenvalue weighted by Crippen LogP contribution is 2.43. The fourth-order valence-electron chi connectivity index (χ4n) is 0.959. The molecule has 0 aromatic heterocycles. The van der Waals surface area contributed by atoms with E-state index in [0.717, 1.165) is 6.42 Å². The zero-order valence-electron chi connectivity index (χ0n) is 5.30. The van der Waals surface area contributed by atoms with E-state index in [0.29, 0.717) is 17.4 Å². The summed E-state index contributed by atoms with van der Waals surface area (Å²) in [5.74, 6) is 0.963. The second-order valence-electron chi connectivity index (χ2n) is 2.38. The molecule has 0 amide bonds. The van der Waals surface area contributed by atoms with Crippen molar-refractivity contribution in [1.29, 1.82) is 5.26 Å². The molecule has 0 radical (unpaired) electrons. The molecule has 2 atom stereocenters. The first-order valence-electron chi connectivity index (χ1n) is 3.01. The van der Waals surface area contributed by atoms with Gasteiger partial charge in [0, 0.05) is 11.5 Å². The van der Waals surface area contributed by atoms with Gasteiger partial charge < -0.3 is 0 Å². The van der Waals surface area contributed by atoms with E-state index in [1.54, 1.807) is 0 Å². The van der Waals surface area contributed by atoms with Crippen molar-refractivity contribution in [1.82, 2.24) is 0 Å². The lowest BCUT2D eigenvalue weighted by Crippen LogP contribution is -1.79. The fourth-order valence-corrected chi connectivity index (χ4v) is 0.959. The molecule has 9 heavy (non-hydrogen) atoms. The van der Waals surface area contributed by atoms with Gasteiger partial charge in [0.2, 0.25) is 0 Å². The Hall–Kier alpha value is -1.03. The Kier molecular flexibility index (Phi) is 1.40. The summed E-state index contributed by atoms with van der Waals surface area (Å²) in [5, 5.41) is 8.37. The average Bonchev–Trinajstić information content (AvgIpc) is 2.64. The lowest BCUT2D eigenvalue weighted by molar-refractivity contribution is 0.963.